The van der Waals surface area contributed by atoms with E-state index in [-0.39, 0.29) is 11.7 Å². The van der Waals surface area contributed by atoms with Crippen LogP contribution < -0.4 is 10.0 Å². The maximum Gasteiger partial charge on any atom is 0.212 e. The summed E-state index contributed by atoms with van der Waals surface area (Å²) in [5, 5.41) is 3.24. The molecule has 106 valence electrons. The van der Waals surface area contributed by atoms with Crippen LogP contribution in [-0.4, -0.2) is 32.2 Å². The van der Waals surface area contributed by atoms with Gasteiger partial charge in [0.2, 0.25) is 10.0 Å². The van der Waals surface area contributed by atoms with E-state index in [1.807, 2.05) is 19.1 Å². The van der Waals surface area contributed by atoms with Gasteiger partial charge in [-0.15, -0.1) is 0 Å². The van der Waals surface area contributed by atoms with Gasteiger partial charge in [0.1, 0.15) is 0 Å². The van der Waals surface area contributed by atoms with Gasteiger partial charge in [0.25, 0.3) is 0 Å². The molecule has 0 saturated carbocycles. The number of hydrogen-bond donors (Lipinski definition) is 2. The lowest BCUT2D eigenvalue weighted by molar-refractivity contribution is 0.400. The van der Waals surface area contributed by atoms with Crippen molar-refractivity contribution >= 4 is 10.0 Å². The topological polar surface area (TPSA) is 71.1 Å². The fourth-order valence-corrected chi connectivity index (χ4v) is 3.67. The Balaban J connectivity index is 1.84. The van der Waals surface area contributed by atoms with Crippen molar-refractivity contribution in [3.05, 3.63) is 29.6 Å². The molecule has 0 aromatic carbocycles. The second kappa shape index (κ2) is 6.45. The van der Waals surface area contributed by atoms with Gasteiger partial charge in [-0.25, -0.2) is 13.1 Å². The first-order valence-corrected chi connectivity index (χ1v) is 8.30. The van der Waals surface area contributed by atoms with E-state index < -0.39 is 10.0 Å². The fraction of sp³-hybridized carbons (Fsp3) is 0.615. The summed E-state index contributed by atoms with van der Waals surface area (Å²) < 4.78 is 26.6. The number of pyridine rings is 1. The minimum Gasteiger partial charge on any atom is -0.317 e. The van der Waals surface area contributed by atoms with Crippen LogP contribution in [-0.2, 0) is 16.6 Å². The van der Waals surface area contributed by atoms with Gasteiger partial charge >= 0.3 is 0 Å². The SMILES string of the molecule is Cc1ccc(CNS(=O)(=O)CC2CCNCC2)cn1. The van der Waals surface area contributed by atoms with Crippen LogP contribution in [0.15, 0.2) is 18.3 Å². The standard InChI is InChI=1S/C13H21N3O2S/c1-11-2-3-13(8-15-11)9-16-19(17,18)10-12-4-6-14-7-5-12/h2-3,8,12,14,16H,4-7,9-10H2,1H3. The van der Waals surface area contributed by atoms with Crippen molar-refractivity contribution in [1.82, 2.24) is 15.0 Å². The summed E-state index contributed by atoms with van der Waals surface area (Å²) >= 11 is 0. The highest BCUT2D eigenvalue weighted by atomic mass is 32.2. The molecule has 1 aromatic heterocycles. The minimum absolute atomic E-state index is 0.230. The van der Waals surface area contributed by atoms with Crippen molar-refractivity contribution in [1.29, 1.82) is 0 Å². The largest absolute Gasteiger partial charge is 0.317 e. The highest BCUT2D eigenvalue weighted by Crippen LogP contribution is 2.13. The number of hydrogen-bond acceptors (Lipinski definition) is 4. The van der Waals surface area contributed by atoms with E-state index in [9.17, 15) is 8.42 Å². The average molecular weight is 283 g/mol. The lowest BCUT2D eigenvalue weighted by Crippen LogP contribution is -2.35. The van der Waals surface area contributed by atoms with E-state index in [2.05, 4.69) is 15.0 Å². The Morgan fingerprint density at radius 2 is 2.11 bits per heavy atom. The van der Waals surface area contributed by atoms with Crippen LogP contribution in [0, 0.1) is 12.8 Å². The van der Waals surface area contributed by atoms with Gasteiger partial charge in [0, 0.05) is 18.4 Å². The second-order valence-corrected chi connectivity index (χ2v) is 6.96. The average Bonchev–Trinajstić information content (AvgIpc) is 2.39. The smallest absolute Gasteiger partial charge is 0.212 e. The molecule has 2 rings (SSSR count). The van der Waals surface area contributed by atoms with Crippen molar-refractivity contribution in [2.24, 2.45) is 5.92 Å². The number of aryl methyl sites for hydroxylation is 1. The van der Waals surface area contributed by atoms with Crippen LogP contribution in [0.5, 0.6) is 0 Å². The molecule has 0 aliphatic carbocycles. The van der Waals surface area contributed by atoms with Crippen molar-refractivity contribution < 1.29 is 8.42 Å². The highest BCUT2D eigenvalue weighted by Gasteiger charge is 2.20. The minimum atomic E-state index is -3.20. The number of piperidine rings is 1. The highest BCUT2D eigenvalue weighted by molar-refractivity contribution is 7.89. The van der Waals surface area contributed by atoms with Crippen LogP contribution >= 0.6 is 0 Å². The summed E-state index contributed by atoms with van der Waals surface area (Å²) in [6.07, 6.45) is 3.59. The van der Waals surface area contributed by atoms with E-state index in [4.69, 9.17) is 0 Å². The number of rotatable bonds is 5. The lowest BCUT2D eigenvalue weighted by Gasteiger charge is -2.22. The zero-order chi connectivity index (χ0) is 13.7. The fourth-order valence-electron chi connectivity index (χ4n) is 2.21. The molecule has 0 bridgehead atoms. The van der Waals surface area contributed by atoms with E-state index in [0.29, 0.717) is 6.54 Å². The summed E-state index contributed by atoms with van der Waals surface area (Å²) in [5.74, 6) is 0.503. The zero-order valence-corrected chi connectivity index (χ0v) is 12.0. The molecule has 0 unspecified atom stereocenters. The van der Waals surface area contributed by atoms with Crippen LogP contribution in [0.3, 0.4) is 0 Å². The van der Waals surface area contributed by atoms with Crippen molar-refractivity contribution in [3.8, 4) is 0 Å². The van der Waals surface area contributed by atoms with Crippen molar-refractivity contribution in [3.63, 3.8) is 0 Å². The summed E-state index contributed by atoms with van der Waals surface area (Å²) in [4.78, 5) is 4.15. The van der Waals surface area contributed by atoms with Crippen molar-refractivity contribution in [2.75, 3.05) is 18.8 Å². The molecule has 2 N–H and O–H groups in total. The van der Waals surface area contributed by atoms with Gasteiger partial charge in [-0.3, -0.25) is 4.98 Å². The molecule has 1 aromatic rings. The number of nitrogens with zero attached hydrogens (tertiary/aromatic N) is 1. The molecule has 6 heteroatoms. The quantitative estimate of drug-likeness (QED) is 0.839. The Bertz CT molecular complexity index is 493. The molecule has 0 radical (unpaired) electrons. The predicted octanol–water partition coefficient (Wildman–Crippen LogP) is 0.809. The number of sulfonamides is 1. The molecule has 1 aliphatic heterocycles. The first-order chi connectivity index (χ1) is 9.05. The van der Waals surface area contributed by atoms with E-state index in [1.165, 1.54) is 0 Å². The molecule has 0 spiro atoms. The zero-order valence-electron chi connectivity index (χ0n) is 11.2. The second-order valence-electron chi connectivity index (χ2n) is 5.10. The molecular formula is C13H21N3O2S. The van der Waals surface area contributed by atoms with Crippen LogP contribution in [0.1, 0.15) is 24.1 Å². The molecule has 5 nitrogen and oxygen atoms in total. The lowest BCUT2D eigenvalue weighted by atomic mass is 10.0. The molecule has 0 amide bonds. The van der Waals surface area contributed by atoms with E-state index >= 15 is 0 Å². The predicted molar refractivity (Wildman–Crippen MR) is 75.2 cm³/mol. The van der Waals surface area contributed by atoms with E-state index in [1.54, 1.807) is 6.20 Å². The Morgan fingerprint density at radius 3 is 2.74 bits per heavy atom. The third-order valence-corrected chi connectivity index (χ3v) is 4.88. The van der Waals surface area contributed by atoms with Crippen molar-refractivity contribution in [2.45, 2.75) is 26.3 Å². The number of nitrogens with one attached hydrogen (secondary N) is 2. The molecule has 19 heavy (non-hydrogen) atoms. The summed E-state index contributed by atoms with van der Waals surface area (Å²) in [7, 11) is -3.20. The molecule has 1 aliphatic rings. The Kier molecular flexibility index (Phi) is 4.90. The summed E-state index contributed by atoms with van der Waals surface area (Å²) in [5.41, 5.74) is 1.82. The first-order valence-electron chi connectivity index (χ1n) is 6.65. The number of aromatic nitrogens is 1. The third-order valence-electron chi connectivity index (χ3n) is 3.38. The molecule has 2 heterocycles. The van der Waals surface area contributed by atoms with Gasteiger partial charge in [-0.05, 0) is 50.4 Å². The molecular weight excluding hydrogens is 262 g/mol. The normalized spacial score (nSPS) is 17.5. The molecule has 0 atom stereocenters. The van der Waals surface area contributed by atoms with Gasteiger partial charge in [0.15, 0.2) is 0 Å². The van der Waals surface area contributed by atoms with Gasteiger partial charge in [-0.1, -0.05) is 6.07 Å². The monoisotopic (exact) mass is 283 g/mol. The van der Waals surface area contributed by atoms with Gasteiger partial charge in [-0.2, -0.15) is 0 Å². The maximum atomic E-state index is 12.0. The molecule has 1 fully saturated rings. The first kappa shape index (κ1) is 14.4. The Hall–Kier alpha value is -0.980. The Morgan fingerprint density at radius 1 is 1.37 bits per heavy atom. The van der Waals surface area contributed by atoms with Crippen LogP contribution in [0.2, 0.25) is 0 Å². The maximum absolute atomic E-state index is 12.0. The molecule has 1 saturated heterocycles. The Labute approximate surface area is 114 Å². The summed E-state index contributed by atoms with van der Waals surface area (Å²) in [6, 6.07) is 3.78. The third kappa shape index (κ3) is 4.89. The van der Waals surface area contributed by atoms with E-state index in [0.717, 1.165) is 37.2 Å². The van der Waals surface area contributed by atoms with Crippen LogP contribution in [0.4, 0.5) is 0 Å². The van der Waals surface area contributed by atoms with Gasteiger partial charge in [0.05, 0.1) is 5.75 Å². The van der Waals surface area contributed by atoms with Crippen LogP contribution in [0.25, 0.3) is 0 Å². The summed E-state index contributed by atoms with van der Waals surface area (Å²) in [6.45, 7) is 4.07. The van der Waals surface area contributed by atoms with Gasteiger partial charge < -0.3 is 5.32 Å².